The Morgan fingerprint density at radius 1 is 1.19 bits per heavy atom. The molecule has 1 heterocycles. The molecule has 4 nitrogen and oxygen atoms in total. The predicted octanol–water partition coefficient (Wildman–Crippen LogP) is 3.67. The second-order valence-electron chi connectivity index (χ2n) is 5.32. The molecular weight excluding hydrogens is 262 g/mol. The molecule has 1 aromatic carbocycles. The number of aromatic nitrogens is 2. The molecule has 21 heavy (non-hydrogen) atoms. The molecule has 1 N–H and O–H groups in total. The summed E-state index contributed by atoms with van der Waals surface area (Å²) in [5.41, 5.74) is 2.18. The van der Waals surface area contributed by atoms with Gasteiger partial charge in [-0.3, -0.25) is 0 Å². The molecule has 0 bridgehead atoms. The largest absolute Gasteiger partial charge is 0.454 e. The molecule has 0 aliphatic rings. The molecule has 0 atom stereocenters. The molecule has 4 heteroatoms. The molecule has 0 aliphatic carbocycles. The van der Waals surface area contributed by atoms with Crippen LogP contribution in [0.4, 0.5) is 0 Å². The minimum absolute atomic E-state index is 0.304. The van der Waals surface area contributed by atoms with Crippen molar-refractivity contribution < 1.29 is 4.74 Å². The van der Waals surface area contributed by atoms with Crippen molar-refractivity contribution in [1.82, 2.24) is 15.3 Å². The fraction of sp³-hybridized carbons (Fsp3) is 0.412. The van der Waals surface area contributed by atoms with E-state index in [4.69, 9.17) is 4.74 Å². The lowest BCUT2D eigenvalue weighted by molar-refractivity contribution is 0.464. The molecule has 0 spiro atoms. The van der Waals surface area contributed by atoms with Crippen molar-refractivity contribution in [2.45, 2.75) is 39.7 Å². The van der Waals surface area contributed by atoms with E-state index < -0.39 is 0 Å². The Balaban J connectivity index is 2.24. The third-order valence-electron chi connectivity index (χ3n) is 3.27. The van der Waals surface area contributed by atoms with Gasteiger partial charge >= 0.3 is 0 Å². The first-order chi connectivity index (χ1) is 10.1. The Kier molecular flexibility index (Phi) is 5.28. The normalized spacial score (nSPS) is 10.9. The van der Waals surface area contributed by atoms with E-state index in [0.717, 1.165) is 23.7 Å². The molecule has 0 aliphatic heterocycles. The van der Waals surface area contributed by atoms with Crippen molar-refractivity contribution in [3.63, 3.8) is 0 Å². The number of nitrogens with zero attached hydrogens (tertiary/aromatic N) is 2. The van der Waals surface area contributed by atoms with Crippen LogP contribution in [0.1, 0.15) is 43.8 Å². The fourth-order valence-electron chi connectivity index (χ4n) is 2.00. The standard InChI is InChI=1S/C17H23N3O/c1-5-13-6-8-14(9-7-13)21-16-11-19-17(12(2)3)20-15(16)10-18-4/h6-9,11-12,18H,5,10H2,1-4H3. The average Bonchev–Trinajstić information content (AvgIpc) is 2.50. The number of rotatable bonds is 6. The van der Waals surface area contributed by atoms with Crippen LogP contribution in [-0.4, -0.2) is 17.0 Å². The molecule has 2 aromatic rings. The van der Waals surface area contributed by atoms with E-state index in [1.807, 2.05) is 19.2 Å². The highest BCUT2D eigenvalue weighted by Gasteiger charge is 2.11. The van der Waals surface area contributed by atoms with Crippen molar-refractivity contribution in [3.05, 3.63) is 47.5 Å². The van der Waals surface area contributed by atoms with E-state index in [-0.39, 0.29) is 0 Å². The summed E-state index contributed by atoms with van der Waals surface area (Å²) >= 11 is 0. The third-order valence-corrected chi connectivity index (χ3v) is 3.27. The summed E-state index contributed by atoms with van der Waals surface area (Å²) in [5.74, 6) is 2.66. The van der Waals surface area contributed by atoms with Gasteiger partial charge < -0.3 is 10.1 Å². The fourth-order valence-corrected chi connectivity index (χ4v) is 2.00. The van der Waals surface area contributed by atoms with Crippen molar-refractivity contribution >= 4 is 0 Å². The molecule has 0 radical (unpaired) electrons. The number of hydrogen-bond donors (Lipinski definition) is 1. The van der Waals surface area contributed by atoms with Gasteiger partial charge in [0, 0.05) is 12.5 Å². The first-order valence-corrected chi connectivity index (χ1v) is 7.41. The molecule has 0 unspecified atom stereocenters. The van der Waals surface area contributed by atoms with Crippen LogP contribution in [0.25, 0.3) is 0 Å². The maximum absolute atomic E-state index is 5.93. The summed E-state index contributed by atoms with van der Waals surface area (Å²) in [6, 6.07) is 8.13. The Morgan fingerprint density at radius 3 is 2.48 bits per heavy atom. The minimum atomic E-state index is 0.304. The van der Waals surface area contributed by atoms with Gasteiger partial charge in [-0.25, -0.2) is 9.97 Å². The van der Waals surface area contributed by atoms with Gasteiger partial charge in [0.1, 0.15) is 17.3 Å². The summed E-state index contributed by atoms with van der Waals surface area (Å²) < 4.78 is 5.93. The van der Waals surface area contributed by atoms with Crippen LogP contribution in [-0.2, 0) is 13.0 Å². The van der Waals surface area contributed by atoms with Gasteiger partial charge in [0.25, 0.3) is 0 Å². The molecule has 2 rings (SSSR count). The van der Waals surface area contributed by atoms with Crippen LogP contribution in [0, 0.1) is 0 Å². The first-order valence-electron chi connectivity index (χ1n) is 7.41. The van der Waals surface area contributed by atoms with Crippen molar-refractivity contribution in [1.29, 1.82) is 0 Å². The monoisotopic (exact) mass is 285 g/mol. The summed E-state index contributed by atoms with van der Waals surface area (Å²) in [7, 11) is 1.90. The van der Waals surface area contributed by atoms with E-state index >= 15 is 0 Å². The SMILES string of the molecule is CCc1ccc(Oc2cnc(C(C)C)nc2CNC)cc1. The van der Waals surface area contributed by atoms with Crippen LogP contribution in [0.15, 0.2) is 30.5 Å². The Bertz CT molecular complexity index is 579. The maximum Gasteiger partial charge on any atom is 0.168 e. The Labute approximate surface area is 126 Å². The number of nitrogens with one attached hydrogen (secondary N) is 1. The Morgan fingerprint density at radius 2 is 1.90 bits per heavy atom. The summed E-state index contributed by atoms with van der Waals surface area (Å²) in [6.45, 7) is 6.97. The third kappa shape index (κ3) is 4.02. The highest BCUT2D eigenvalue weighted by molar-refractivity contribution is 5.34. The van der Waals surface area contributed by atoms with Gasteiger partial charge in [0.15, 0.2) is 5.75 Å². The minimum Gasteiger partial charge on any atom is -0.454 e. The summed E-state index contributed by atoms with van der Waals surface area (Å²) in [4.78, 5) is 8.98. The van der Waals surface area contributed by atoms with E-state index in [9.17, 15) is 0 Å². The lowest BCUT2D eigenvalue weighted by atomic mass is 10.2. The highest BCUT2D eigenvalue weighted by atomic mass is 16.5. The van der Waals surface area contributed by atoms with Gasteiger partial charge in [-0.2, -0.15) is 0 Å². The zero-order valence-corrected chi connectivity index (χ0v) is 13.2. The topological polar surface area (TPSA) is 47.0 Å². The lowest BCUT2D eigenvalue weighted by Crippen LogP contribution is -2.11. The average molecular weight is 285 g/mol. The number of aryl methyl sites for hydroxylation is 1. The van der Waals surface area contributed by atoms with Crippen molar-refractivity contribution in [3.8, 4) is 11.5 Å². The summed E-state index contributed by atoms with van der Waals surface area (Å²) in [5, 5.41) is 3.12. The van der Waals surface area contributed by atoms with Crippen LogP contribution in [0.5, 0.6) is 11.5 Å². The van der Waals surface area contributed by atoms with Gasteiger partial charge in [0.2, 0.25) is 0 Å². The predicted molar refractivity (Wildman–Crippen MR) is 84.8 cm³/mol. The van der Waals surface area contributed by atoms with Crippen LogP contribution in [0.3, 0.4) is 0 Å². The maximum atomic E-state index is 5.93. The zero-order chi connectivity index (χ0) is 15.2. The van der Waals surface area contributed by atoms with E-state index in [1.54, 1.807) is 6.20 Å². The van der Waals surface area contributed by atoms with Gasteiger partial charge in [-0.15, -0.1) is 0 Å². The zero-order valence-electron chi connectivity index (χ0n) is 13.2. The van der Waals surface area contributed by atoms with Crippen LogP contribution >= 0.6 is 0 Å². The smallest absolute Gasteiger partial charge is 0.168 e. The molecule has 0 amide bonds. The Hall–Kier alpha value is -1.94. The molecule has 0 saturated carbocycles. The number of benzene rings is 1. The van der Waals surface area contributed by atoms with Gasteiger partial charge in [0.05, 0.1) is 6.20 Å². The van der Waals surface area contributed by atoms with Gasteiger partial charge in [-0.05, 0) is 31.2 Å². The molecule has 0 saturated heterocycles. The first kappa shape index (κ1) is 15.4. The van der Waals surface area contributed by atoms with Crippen LogP contribution < -0.4 is 10.1 Å². The number of hydrogen-bond acceptors (Lipinski definition) is 4. The van der Waals surface area contributed by atoms with Crippen LogP contribution in [0.2, 0.25) is 0 Å². The van der Waals surface area contributed by atoms with E-state index in [0.29, 0.717) is 18.2 Å². The van der Waals surface area contributed by atoms with E-state index in [1.165, 1.54) is 5.56 Å². The number of ether oxygens (including phenoxy) is 1. The highest BCUT2D eigenvalue weighted by Crippen LogP contribution is 2.25. The quantitative estimate of drug-likeness (QED) is 0.879. The van der Waals surface area contributed by atoms with Gasteiger partial charge in [-0.1, -0.05) is 32.9 Å². The lowest BCUT2D eigenvalue weighted by Gasteiger charge is -2.12. The second kappa shape index (κ2) is 7.18. The van der Waals surface area contributed by atoms with E-state index in [2.05, 4.69) is 48.2 Å². The molecular formula is C17H23N3O. The molecule has 0 fully saturated rings. The van der Waals surface area contributed by atoms with Crippen molar-refractivity contribution in [2.75, 3.05) is 7.05 Å². The molecule has 1 aromatic heterocycles. The van der Waals surface area contributed by atoms with Crippen molar-refractivity contribution in [2.24, 2.45) is 0 Å². The summed E-state index contributed by atoms with van der Waals surface area (Å²) in [6.07, 6.45) is 2.79. The molecule has 112 valence electrons. The second-order valence-corrected chi connectivity index (χ2v) is 5.32.